The number of nitrogens with one attached hydrogen (secondary N) is 2. The summed E-state index contributed by atoms with van der Waals surface area (Å²) in [4.78, 5) is 4.17. The van der Waals surface area contributed by atoms with E-state index in [-0.39, 0.29) is 6.10 Å². The molecule has 0 bridgehead atoms. The molecule has 0 atom stereocenters. The molecule has 4 heteroatoms. The molecular formula is C12H19N3O. The predicted molar refractivity (Wildman–Crippen MR) is 65.7 cm³/mol. The van der Waals surface area contributed by atoms with Gasteiger partial charge in [-0.25, -0.2) is 4.98 Å². The monoisotopic (exact) mass is 221 g/mol. The molecule has 1 aromatic rings. The van der Waals surface area contributed by atoms with Gasteiger partial charge in [-0.3, -0.25) is 0 Å². The number of aromatic nitrogens is 1. The Bertz CT molecular complexity index is 335. The second kappa shape index (κ2) is 5.16. The Morgan fingerprint density at radius 1 is 1.31 bits per heavy atom. The Balaban J connectivity index is 1.93. The van der Waals surface area contributed by atoms with Crippen LogP contribution in [0.5, 0.6) is 0 Å². The molecule has 0 radical (unpaired) electrons. The molecule has 1 aliphatic rings. The zero-order chi connectivity index (χ0) is 11.4. The van der Waals surface area contributed by atoms with Crippen LogP contribution in [0.3, 0.4) is 0 Å². The minimum atomic E-state index is -0.0941. The second-order valence-electron chi connectivity index (χ2n) is 4.33. The normalized spacial score (nSPS) is 25.1. The zero-order valence-corrected chi connectivity index (χ0v) is 9.61. The summed E-state index contributed by atoms with van der Waals surface area (Å²) in [5.74, 6) is 0.876. The minimum absolute atomic E-state index is 0.0941. The number of pyridine rings is 1. The molecule has 1 saturated carbocycles. The minimum Gasteiger partial charge on any atom is -0.393 e. The van der Waals surface area contributed by atoms with Gasteiger partial charge in [0.2, 0.25) is 0 Å². The molecular weight excluding hydrogens is 202 g/mol. The highest BCUT2D eigenvalue weighted by Crippen LogP contribution is 2.22. The molecule has 0 spiro atoms. The summed E-state index contributed by atoms with van der Waals surface area (Å²) in [6.45, 7) is 0. The first kappa shape index (κ1) is 11.2. The third-order valence-corrected chi connectivity index (χ3v) is 3.08. The molecule has 4 nitrogen and oxygen atoms in total. The summed E-state index contributed by atoms with van der Waals surface area (Å²) in [5.41, 5.74) is 1.10. The maximum absolute atomic E-state index is 9.43. The van der Waals surface area contributed by atoms with Gasteiger partial charge < -0.3 is 15.7 Å². The lowest BCUT2D eigenvalue weighted by Crippen LogP contribution is -2.28. The number of hydrogen-bond acceptors (Lipinski definition) is 4. The van der Waals surface area contributed by atoms with Crippen LogP contribution < -0.4 is 10.6 Å². The summed E-state index contributed by atoms with van der Waals surface area (Å²) >= 11 is 0. The molecule has 2 rings (SSSR count). The number of hydrogen-bond donors (Lipinski definition) is 3. The van der Waals surface area contributed by atoms with Crippen LogP contribution in [0.2, 0.25) is 0 Å². The number of aliphatic hydroxyl groups excluding tert-OH is 1. The summed E-state index contributed by atoms with van der Waals surface area (Å²) in [5, 5.41) is 15.9. The highest BCUT2D eigenvalue weighted by Gasteiger charge is 2.18. The van der Waals surface area contributed by atoms with Gasteiger partial charge in [-0.15, -0.1) is 0 Å². The zero-order valence-electron chi connectivity index (χ0n) is 9.61. The molecule has 1 aromatic heterocycles. The summed E-state index contributed by atoms with van der Waals surface area (Å²) in [7, 11) is 1.86. The molecule has 0 amide bonds. The third kappa shape index (κ3) is 2.85. The van der Waals surface area contributed by atoms with E-state index in [1.165, 1.54) is 0 Å². The van der Waals surface area contributed by atoms with E-state index >= 15 is 0 Å². The molecule has 0 aromatic carbocycles. The molecule has 0 unspecified atom stereocenters. The maximum Gasteiger partial charge on any atom is 0.127 e. The van der Waals surface area contributed by atoms with E-state index in [0.717, 1.165) is 37.2 Å². The summed E-state index contributed by atoms with van der Waals surface area (Å²) in [6, 6.07) is 4.46. The van der Waals surface area contributed by atoms with Crippen LogP contribution in [0.25, 0.3) is 0 Å². The lowest BCUT2D eigenvalue weighted by Gasteiger charge is -2.27. The number of rotatable bonds is 3. The van der Waals surface area contributed by atoms with Crippen LogP contribution in [-0.4, -0.2) is 29.3 Å². The highest BCUT2D eigenvalue weighted by atomic mass is 16.3. The largest absolute Gasteiger partial charge is 0.393 e. The Kier molecular flexibility index (Phi) is 3.62. The second-order valence-corrected chi connectivity index (χ2v) is 4.33. The fraction of sp³-hybridized carbons (Fsp3) is 0.583. The molecule has 1 aliphatic carbocycles. The van der Waals surface area contributed by atoms with Crippen molar-refractivity contribution in [3.63, 3.8) is 0 Å². The van der Waals surface area contributed by atoms with Gasteiger partial charge in [-0.2, -0.15) is 0 Å². The average Bonchev–Trinajstić information content (AvgIpc) is 2.32. The van der Waals surface area contributed by atoms with E-state index in [4.69, 9.17) is 0 Å². The van der Waals surface area contributed by atoms with Crippen molar-refractivity contribution in [2.45, 2.75) is 37.8 Å². The van der Waals surface area contributed by atoms with Gasteiger partial charge in [0.15, 0.2) is 0 Å². The maximum atomic E-state index is 9.43. The first-order valence-corrected chi connectivity index (χ1v) is 5.86. The van der Waals surface area contributed by atoms with Gasteiger partial charge in [-0.1, -0.05) is 0 Å². The van der Waals surface area contributed by atoms with Gasteiger partial charge in [0.25, 0.3) is 0 Å². The number of aliphatic hydroxyl groups is 1. The lowest BCUT2D eigenvalue weighted by atomic mass is 9.93. The first-order valence-electron chi connectivity index (χ1n) is 5.86. The quantitative estimate of drug-likeness (QED) is 0.729. The SMILES string of the molecule is CNc1cc(NC2CCC(O)CC2)ccn1. The van der Waals surface area contributed by atoms with E-state index in [2.05, 4.69) is 15.6 Å². The van der Waals surface area contributed by atoms with Gasteiger partial charge in [0.1, 0.15) is 5.82 Å². The predicted octanol–water partition coefficient (Wildman–Crippen LogP) is 1.84. The van der Waals surface area contributed by atoms with Crippen molar-refractivity contribution >= 4 is 11.5 Å². The van der Waals surface area contributed by atoms with E-state index in [9.17, 15) is 5.11 Å². The summed E-state index contributed by atoms with van der Waals surface area (Å²) < 4.78 is 0. The molecule has 0 aliphatic heterocycles. The van der Waals surface area contributed by atoms with Crippen molar-refractivity contribution in [3.05, 3.63) is 18.3 Å². The Labute approximate surface area is 96.1 Å². The van der Waals surface area contributed by atoms with E-state index in [1.54, 1.807) is 6.20 Å². The molecule has 88 valence electrons. The van der Waals surface area contributed by atoms with Crippen LogP contribution in [0, 0.1) is 0 Å². The average molecular weight is 221 g/mol. The van der Waals surface area contributed by atoms with Crippen molar-refractivity contribution in [1.29, 1.82) is 0 Å². The van der Waals surface area contributed by atoms with Crippen molar-refractivity contribution < 1.29 is 5.11 Å². The van der Waals surface area contributed by atoms with E-state index in [1.807, 2.05) is 19.2 Å². The smallest absolute Gasteiger partial charge is 0.127 e. The van der Waals surface area contributed by atoms with Gasteiger partial charge in [0.05, 0.1) is 6.10 Å². The van der Waals surface area contributed by atoms with Crippen molar-refractivity contribution in [3.8, 4) is 0 Å². The fourth-order valence-electron chi connectivity index (χ4n) is 2.11. The van der Waals surface area contributed by atoms with Crippen LogP contribution in [0.1, 0.15) is 25.7 Å². The van der Waals surface area contributed by atoms with E-state index < -0.39 is 0 Å². The topological polar surface area (TPSA) is 57.2 Å². The van der Waals surface area contributed by atoms with Crippen LogP contribution in [-0.2, 0) is 0 Å². The molecule has 0 saturated heterocycles. The van der Waals surface area contributed by atoms with Crippen molar-refractivity contribution in [2.75, 3.05) is 17.7 Å². The lowest BCUT2D eigenvalue weighted by molar-refractivity contribution is 0.126. The van der Waals surface area contributed by atoms with Gasteiger partial charge in [0, 0.05) is 31.0 Å². The number of nitrogens with zero attached hydrogens (tertiary/aromatic N) is 1. The van der Waals surface area contributed by atoms with Gasteiger partial charge >= 0.3 is 0 Å². The molecule has 16 heavy (non-hydrogen) atoms. The summed E-state index contributed by atoms with van der Waals surface area (Å²) in [6.07, 6.45) is 5.59. The number of anilines is 2. The Hall–Kier alpha value is -1.29. The van der Waals surface area contributed by atoms with Crippen LogP contribution in [0.15, 0.2) is 18.3 Å². The van der Waals surface area contributed by atoms with Gasteiger partial charge in [-0.05, 0) is 31.7 Å². The standard InChI is InChI=1S/C12H19N3O/c1-13-12-8-10(6-7-14-12)15-9-2-4-11(16)5-3-9/h6-9,11,16H,2-5H2,1H3,(H2,13,14,15). The van der Waals surface area contributed by atoms with Crippen LogP contribution >= 0.6 is 0 Å². The van der Waals surface area contributed by atoms with E-state index in [0.29, 0.717) is 6.04 Å². The first-order chi connectivity index (χ1) is 7.78. The Morgan fingerprint density at radius 2 is 2.06 bits per heavy atom. The van der Waals surface area contributed by atoms with Crippen molar-refractivity contribution in [1.82, 2.24) is 4.98 Å². The Morgan fingerprint density at radius 3 is 2.75 bits per heavy atom. The van der Waals surface area contributed by atoms with Crippen LogP contribution in [0.4, 0.5) is 11.5 Å². The van der Waals surface area contributed by atoms with Crippen molar-refractivity contribution in [2.24, 2.45) is 0 Å². The highest BCUT2D eigenvalue weighted by molar-refractivity contribution is 5.52. The third-order valence-electron chi connectivity index (χ3n) is 3.08. The fourth-order valence-corrected chi connectivity index (χ4v) is 2.11. The molecule has 1 heterocycles. The molecule has 1 fully saturated rings. The molecule has 3 N–H and O–H groups in total.